The van der Waals surface area contributed by atoms with Crippen LogP contribution in [0, 0.1) is 0 Å². The van der Waals surface area contributed by atoms with E-state index in [0.29, 0.717) is 19.3 Å². The highest BCUT2D eigenvalue weighted by Crippen LogP contribution is 2.15. The first kappa shape index (κ1) is 58.4. The molecule has 0 spiro atoms. The maximum absolute atomic E-state index is 12.8. The highest BCUT2D eigenvalue weighted by Gasteiger charge is 2.19. The van der Waals surface area contributed by atoms with Crippen molar-refractivity contribution in [1.29, 1.82) is 0 Å². The monoisotopic (exact) mass is 855 g/mol. The molecule has 0 N–H and O–H groups in total. The summed E-state index contributed by atoms with van der Waals surface area (Å²) < 4.78 is 16.8. The molecule has 0 amide bonds. The summed E-state index contributed by atoms with van der Waals surface area (Å²) >= 11 is 0. The van der Waals surface area contributed by atoms with E-state index in [0.717, 1.165) is 89.9 Å². The van der Waals surface area contributed by atoms with Gasteiger partial charge in [-0.3, -0.25) is 14.4 Å². The SMILES string of the molecule is CCCCC/C=C\C/C=C\C/C=C\CCCCCCCCC(=O)OCC(COC(=O)CCCCCCCCCCCCC)OC(=O)CCCCCCC/C=C\CCCCCC. The van der Waals surface area contributed by atoms with E-state index < -0.39 is 6.10 Å². The zero-order valence-corrected chi connectivity index (χ0v) is 40.4. The molecule has 61 heavy (non-hydrogen) atoms. The summed E-state index contributed by atoms with van der Waals surface area (Å²) in [5, 5.41) is 0. The molecule has 6 heteroatoms. The summed E-state index contributed by atoms with van der Waals surface area (Å²) in [6.45, 7) is 6.58. The van der Waals surface area contributed by atoms with Crippen LogP contribution in [0.4, 0.5) is 0 Å². The predicted molar refractivity (Wildman–Crippen MR) is 261 cm³/mol. The second-order valence-corrected chi connectivity index (χ2v) is 17.4. The van der Waals surface area contributed by atoms with Gasteiger partial charge in [0, 0.05) is 19.3 Å². The largest absolute Gasteiger partial charge is 0.462 e. The number of allylic oxidation sites excluding steroid dienone is 8. The van der Waals surface area contributed by atoms with E-state index in [-0.39, 0.29) is 31.1 Å². The lowest BCUT2D eigenvalue weighted by atomic mass is 10.1. The molecule has 1 atom stereocenters. The van der Waals surface area contributed by atoms with Gasteiger partial charge in [-0.05, 0) is 83.5 Å². The lowest BCUT2D eigenvalue weighted by Gasteiger charge is -2.18. The summed E-state index contributed by atoms with van der Waals surface area (Å²) in [5.74, 6) is -0.895. The van der Waals surface area contributed by atoms with Gasteiger partial charge in [-0.2, -0.15) is 0 Å². The average Bonchev–Trinajstić information content (AvgIpc) is 3.26. The first-order chi connectivity index (χ1) is 30.0. The summed E-state index contributed by atoms with van der Waals surface area (Å²) in [6.07, 6.45) is 59.4. The maximum Gasteiger partial charge on any atom is 0.306 e. The molecule has 0 aliphatic carbocycles. The van der Waals surface area contributed by atoms with Gasteiger partial charge in [0.2, 0.25) is 0 Å². The smallest absolute Gasteiger partial charge is 0.306 e. The van der Waals surface area contributed by atoms with Gasteiger partial charge in [0.1, 0.15) is 13.2 Å². The first-order valence-corrected chi connectivity index (χ1v) is 26.1. The van der Waals surface area contributed by atoms with Gasteiger partial charge < -0.3 is 14.2 Å². The zero-order valence-electron chi connectivity index (χ0n) is 40.4. The molecular formula is C55H98O6. The lowest BCUT2D eigenvalue weighted by molar-refractivity contribution is -0.167. The standard InChI is InChI=1S/C55H98O6/c1-4-7-10-13-16-19-22-24-25-26-27-28-29-31-33-36-39-42-45-48-54(57)60-51-52(50-59-53(56)47-44-41-38-35-32-21-18-15-12-9-6-3)61-55(58)49-46-43-40-37-34-30-23-20-17-14-11-8-5-2/h16,19-20,23-25,27-28,52H,4-15,17-18,21-22,26,29-51H2,1-3H3/b19-16-,23-20-,25-24-,28-27-. The van der Waals surface area contributed by atoms with Gasteiger partial charge in [-0.1, -0.05) is 211 Å². The van der Waals surface area contributed by atoms with Crippen LogP contribution in [-0.2, 0) is 28.6 Å². The van der Waals surface area contributed by atoms with Crippen molar-refractivity contribution in [2.75, 3.05) is 13.2 Å². The van der Waals surface area contributed by atoms with Gasteiger partial charge in [0.25, 0.3) is 0 Å². The number of carbonyl (C=O) groups excluding carboxylic acids is 3. The van der Waals surface area contributed by atoms with E-state index in [1.807, 2.05) is 0 Å². The Bertz CT molecular complexity index is 1070. The second kappa shape index (κ2) is 50.0. The van der Waals surface area contributed by atoms with Crippen LogP contribution >= 0.6 is 0 Å². The van der Waals surface area contributed by atoms with Crippen LogP contribution in [0.3, 0.4) is 0 Å². The molecule has 0 aromatic carbocycles. The molecule has 0 rings (SSSR count). The quantitative estimate of drug-likeness (QED) is 0.0263. The molecule has 0 aromatic heterocycles. The van der Waals surface area contributed by atoms with E-state index in [9.17, 15) is 14.4 Å². The van der Waals surface area contributed by atoms with E-state index in [1.165, 1.54) is 135 Å². The Morgan fingerprint density at radius 1 is 0.328 bits per heavy atom. The molecule has 0 fully saturated rings. The maximum atomic E-state index is 12.8. The van der Waals surface area contributed by atoms with Crippen molar-refractivity contribution in [3.63, 3.8) is 0 Å². The summed E-state index contributed by atoms with van der Waals surface area (Å²) in [6, 6.07) is 0. The molecule has 0 heterocycles. The molecule has 0 aliphatic heterocycles. The van der Waals surface area contributed by atoms with Crippen molar-refractivity contribution in [2.45, 2.75) is 271 Å². The Morgan fingerprint density at radius 2 is 0.590 bits per heavy atom. The highest BCUT2D eigenvalue weighted by atomic mass is 16.6. The van der Waals surface area contributed by atoms with Crippen LogP contribution in [0.15, 0.2) is 48.6 Å². The second-order valence-electron chi connectivity index (χ2n) is 17.4. The fraction of sp³-hybridized carbons (Fsp3) is 0.800. The molecule has 0 aromatic rings. The Balaban J connectivity index is 4.36. The Morgan fingerprint density at radius 3 is 0.984 bits per heavy atom. The minimum Gasteiger partial charge on any atom is -0.462 e. The van der Waals surface area contributed by atoms with Gasteiger partial charge in [0.05, 0.1) is 0 Å². The van der Waals surface area contributed by atoms with Crippen LogP contribution in [0.1, 0.15) is 265 Å². The van der Waals surface area contributed by atoms with Gasteiger partial charge >= 0.3 is 17.9 Å². The molecular weight excluding hydrogens is 757 g/mol. The van der Waals surface area contributed by atoms with Crippen molar-refractivity contribution in [2.24, 2.45) is 0 Å². The summed E-state index contributed by atoms with van der Waals surface area (Å²) in [7, 11) is 0. The molecule has 0 radical (unpaired) electrons. The fourth-order valence-electron chi connectivity index (χ4n) is 7.33. The minimum absolute atomic E-state index is 0.0786. The number of unbranched alkanes of at least 4 members (excludes halogenated alkanes) is 28. The predicted octanol–water partition coefficient (Wildman–Crippen LogP) is 17.1. The van der Waals surface area contributed by atoms with Crippen molar-refractivity contribution < 1.29 is 28.6 Å². The number of carbonyl (C=O) groups is 3. The van der Waals surface area contributed by atoms with Crippen molar-refractivity contribution in [1.82, 2.24) is 0 Å². The number of ether oxygens (including phenoxy) is 3. The Hall–Kier alpha value is -2.63. The van der Waals surface area contributed by atoms with Crippen molar-refractivity contribution >= 4 is 17.9 Å². The zero-order chi connectivity index (χ0) is 44.4. The average molecular weight is 855 g/mol. The lowest BCUT2D eigenvalue weighted by Crippen LogP contribution is -2.30. The fourth-order valence-corrected chi connectivity index (χ4v) is 7.33. The van der Waals surface area contributed by atoms with Crippen LogP contribution in [0.2, 0.25) is 0 Å². The summed E-state index contributed by atoms with van der Waals surface area (Å²) in [4.78, 5) is 37.9. The molecule has 6 nitrogen and oxygen atoms in total. The number of rotatable bonds is 47. The number of hydrogen-bond acceptors (Lipinski definition) is 6. The molecule has 1 unspecified atom stereocenters. The third-order valence-electron chi connectivity index (χ3n) is 11.3. The van der Waals surface area contributed by atoms with Crippen LogP contribution in [0.5, 0.6) is 0 Å². The van der Waals surface area contributed by atoms with E-state index >= 15 is 0 Å². The van der Waals surface area contributed by atoms with Crippen molar-refractivity contribution in [3.8, 4) is 0 Å². The normalized spacial score (nSPS) is 12.4. The molecule has 0 saturated heterocycles. The van der Waals surface area contributed by atoms with Crippen LogP contribution in [0.25, 0.3) is 0 Å². The molecule has 0 aliphatic rings. The van der Waals surface area contributed by atoms with Crippen LogP contribution < -0.4 is 0 Å². The Labute approximate surface area is 378 Å². The van der Waals surface area contributed by atoms with Gasteiger partial charge in [-0.25, -0.2) is 0 Å². The van der Waals surface area contributed by atoms with Crippen LogP contribution in [-0.4, -0.2) is 37.2 Å². The molecule has 354 valence electrons. The van der Waals surface area contributed by atoms with Gasteiger partial charge in [0.15, 0.2) is 6.10 Å². The Kier molecular flexibility index (Phi) is 47.9. The number of esters is 3. The third kappa shape index (κ3) is 48.3. The van der Waals surface area contributed by atoms with E-state index in [1.54, 1.807) is 0 Å². The highest BCUT2D eigenvalue weighted by molar-refractivity contribution is 5.71. The van der Waals surface area contributed by atoms with Gasteiger partial charge in [-0.15, -0.1) is 0 Å². The minimum atomic E-state index is -0.779. The first-order valence-electron chi connectivity index (χ1n) is 26.1. The topological polar surface area (TPSA) is 78.9 Å². The molecule has 0 bridgehead atoms. The van der Waals surface area contributed by atoms with E-state index in [2.05, 4.69) is 69.4 Å². The van der Waals surface area contributed by atoms with E-state index in [4.69, 9.17) is 14.2 Å². The summed E-state index contributed by atoms with van der Waals surface area (Å²) in [5.41, 5.74) is 0. The third-order valence-corrected chi connectivity index (χ3v) is 11.3. The van der Waals surface area contributed by atoms with Crippen molar-refractivity contribution in [3.05, 3.63) is 48.6 Å². The molecule has 0 saturated carbocycles. The number of hydrogen-bond donors (Lipinski definition) is 0.